The first kappa shape index (κ1) is 13.8. The predicted octanol–water partition coefficient (Wildman–Crippen LogP) is 1.42. The van der Waals surface area contributed by atoms with E-state index in [0.717, 1.165) is 23.6 Å². The Bertz CT molecular complexity index is 341. The minimum Gasteiger partial charge on any atom is -0.493 e. The molecule has 0 radical (unpaired) electrons. The van der Waals surface area contributed by atoms with Gasteiger partial charge in [-0.3, -0.25) is 0 Å². The fraction of sp³-hybridized carbons (Fsp3) is 0.538. The molecule has 17 heavy (non-hydrogen) atoms. The summed E-state index contributed by atoms with van der Waals surface area (Å²) in [6, 6.07) is 5.85. The van der Waals surface area contributed by atoms with Gasteiger partial charge < -0.3 is 19.9 Å². The Labute approximate surface area is 103 Å². The van der Waals surface area contributed by atoms with Crippen LogP contribution in [0.1, 0.15) is 12.5 Å². The first-order valence-corrected chi connectivity index (χ1v) is 5.76. The largest absolute Gasteiger partial charge is 0.493 e. The fourth-order valence-corrected chi connectivity index (χ4v) is 1.43. The van der Waals surface area contributed by atoms with Crippen LogP contribution in [0.3, 0.4) is 0 Å². The van der Waals surface area contributed by atoms with E-state index >= 15 is 0 Å². The molecule has 0 amide bonds. The normalized spacial score (nSPS) is 12.2. The van der Waals surface area contributed by atoms with Crippen molar-refractivity contribution in [2.45, 2.75) is 13.5 Å². The molecule has 0 aliphatic rings. The maximum Gasteiger partial charge on any atom is 0.161 e. The van der Waals surface area contributed by atoms with Gasteiger partial charge in [0.05, 0.1) is 13.7 Å². The highest BCUT2D eigenvalue weighted by atomic mass is 16.5. The molecule has 0 spiro atoms. The maximum absolute atomic E-state index is 8.96. The third-order valence-corrected chi connectivity index (χ3v) is 2.44. The lowest BCUT2D eigenvalue weighted by Crippen LogP contribution is -2.13. The molecule has 1 aromatic rings. The molecule has 1 rings (SSSR count). The van der Waals surface area contributed by atoms with E-state index in [1.807, 2.05) is 32.2 Å². The zero-order valence-electron chi connectivity index (χ0n) is 10.7. The number of nitrogens with one attached hydrogen (secondary N) is 1. The Balaban J connectivity index is 2.75. The molecular weight excluding hydrogens is 218 g/mol. The van der Waals surface area contributed by atoms with Gasteiger partial charge in [0.25, 0.3) is 0 Å². The zero-order valence-corrected chi connectivity index (χ0v) is 10.7. The number of hydrogen-bond acceptors (Lipinski definition) is 4. The summed E-state index contributed by atoms with van der Waals surface area (Å²) < 4.78 is 10.9. The lowest BCUT2D eigenvalue weighted by molar-refractivity contribution is 0.171. The van der Waals surface area contributed by atoms with Crippen molar-refractivity contribution in [2.75, 3.05) is 27.4 Å². The lowest BCUT2D eigenvalue weighted by atomic mass is 10.2. The van der Waals surface area contributed by atoms with Crippen LogP contribution in [0.2, 0.25) is 0 Å². The van der Waals surface area contributed by atoms with E-state index < -0.39 is 0 Å². The summed E-state index contributed by atoms with van der Waals surface area (Å²) >= 11 is 0. The Kier molecular flexibility index (Phi) is 5.80. The molecule has 0 saturated heterocycles. The SMILES string of the molecule is CNCc1ccc(OC)c(OCC(C)CO)c1. The summed E-state index contributed by atoms with van der Waals surface area (Å²) in [4.78, 5) is 0. The van der Waals surface area contributed by atoms with Crippen molar-refractivity contribution in [1.29, 1.82) is 0 Å². The van der Waals surface area contributed by atoms with Gasteiger partial charge in [0, 0.05) is 19.1 Å². The van der Waals surface area contributed by atoms with Crippen molar-refractivity contribution in [3.63, 3.8) is 0 Å². The van der Waals surface area contributed by atoms with E-state index in [-0.39, 0.29) is 12.5 Å². The van der Waals surface area contributed by atoms with Crippen LogP contribution in [0, 0.1) is 5.92 Å². The molecule has 0 aliphatic heterocycles. The van der Waals surface area contributed by atoms with Crippen molar-refractivity contribution in [2.24, 2.45) is 5.92 Å². The number of ether oxygens (including phenoxy) is 2. The molecule has 0 bridgehead atoms. The van der Waals surface area contributed by atoms with Gasteiger partial charge >= 0.3 is 0 Å². The number of hydrogen-bond donors (Lipinski definition) is 2. The smallest absolute Gasteiger partial charge is 0.161 e. The van der Waals surface area contributed by atoms with E-state index in [4.69, 9.17) is 14.6 Å². The third kappa shape index (κ3) is 4.24. The molecule has 0 aromatic heterocycles. The third-order valence-electron chi connectivity index (χ3n) is 2.44. The van der Waals surface area contributed by atoms with Crippen LogP contribution in [-0.4, -0.2) is 32.5 Å². The topological polar surface area (TPSA) is 50.7 Å². The first-order valence-electron chi connectivity index (χ1n) is 5.76. The Hall–Kier alpha value is -1.26. The number of rotatable bonds is 7. The van der Waals surface area contributed by atoms with Gasteiger partial charge in [-0.2, -0.15) is 0 Å². The van der Waals surface area contributed by atoms with E-state index in [0.29, 0.717) is 6.61 Å². The van der Waals surface area contributed by atoms with Crippen molar-refractivity contribution in [3.05, 3.63) is 23.8 Å². The summed E-state index contributed by atoms with van der Waals surface area (Å²) in [5.41, 5.74) is 1.14. The van der Waals surface area contributed by atoms with E-state index in [9.17, 15) is 0 Å². The zero-order chi connectivity index (χ0) is 12.7. The second-order valence-electron chi connectivity index (χ2n) is 4.11. The van der Waals surface area contributed by atoms with E-state index in [1.54, 1.807) is 7.11 Å². The van der Waals surface area contributed by atoms with Gasteiger partial charge in [0.15, 0.2) is 11.5 Å². The summed E-state index contributed by atoms with van der Waals surface area (Å²) in [6.07, 6.45) is 0. The Morgan fingerprint density at radius 2 is 2.12 bits per heavy atom. The van der Waals surface area contributed by atoms with Gasteiger partial charge in [-0.15, -0.1) is 0 Å². The van der Waals surface area contributed by atoms with Gasteiger partial charge in [-0.05, 0) is 24.7 Å². The number of aliphatic hydroxyl groups excluding tert-OH is 1. The number of benzene rings is 1. The maximum atomic E-state index is 8.96. The monoisotopic (exact) mass is 239 g/mol. The summed E-state index contributed by atoms with van der Waals surface area (Å²) in [7, 11) is 3.52. The molecule has 96 valence electrons. The number of aliphatic hydroxyl groups is 1. The van der Waals surface area contributed by atoms with Gasteiger partial charge in [-0.25, -0.2) is 0 Å². The molecular formula is C13H21NO3. The van der Waals surface area contributed by atoms with Crippen molar-refractivity contribution in [3.8, 4) is 11.5 Å². The van der Waals surface area contributed by atoms with Crippen LogP contribution < -0.4 is 14.8 Å². The van der Waals surface area contributed by atoms with Crippen LogP contribution in [0.15, 0.2) is 18.2 Å². The molecule has 2 N–H and O–H groups in total. The molecule has 1 aromatic carbocycles. The minimum atomic E-state index is 0.118. The van der Waals surface area contributed by atoms with E-state index in [2.05, 4.69) is 5.32 Å². The molecule has 0 saturated carbocycles. The van der Waals surface area contributed by atoms with Crippen molar-refractivity contribution >= 4 is 0 Å². The molecule has 0 aliphatic carbocycles. The summed E-state index contributed by atoms with van der Waals surface area (Å²) in [6.45, 7) is 3.33. The Morgan fingerprint density at radius 1 is 1.35 bits per heavy atom. The first-order chi connectivity index (χ1) is 8.21. The highest BCUT2D eigenvalue weighted by molar-refractivity contribution is 5.42. The summed E-state index contributed by atoms with van der Waals surface area (Å²) in [5.74, 6) is 1.56. The van der Waals surface area contributed by atoms with Crippen LogP contribution in [0.25, 0.3) is 0 Å². The van der Waals surface area contributed by atoms with Crippen LogP contribution in [0.5, 0.6) is 11.5 Å². The average molecular weight is 239 g/mol. The van der Waals surface area contributed by atoms with Gasteiger partial charge in [0.1, 0.15) is 0 Å². The van der Waals surface area contributed by atoms with E-state index in [1.165, 1.54) is 0 Å². The standard InChI is InChI=1S/C13H21NO3/c1-10(8-15)9-17-13-6-11(7-14-2)4-5-12(13)16-3/h4-6,10,14-15H,7-9H2,1-3H3. The molecule has 4 heteroatoms. The lowest BCUT2D eigenvalue weighted by Gasteiger charge is -2.14. The second kappa shape index (κ2) is 7.14. The van der Waals surface area contributed by atoms with Crippen molar-refractivity contribution in [1.82, 2.24) is 5.32 Å². The van der Waals surface area contributed by atoms with Gasteiger partial charge in [0.2, 0.25) is 0 Å². The average Bonchev–Trinajstić information content (AvgIpc) is 2.36. The summed E-state index contributed by atoms with van der Waals surface area (Å²) in [5, 5.41) is 12.0. The van der Waals surface area contributed by atoms with Crippen LogP contribution in [-0.2, 0) is 6.54 Å². The van der Waals surface area contributed by atoms with Crippen LogP contribution >= 0.6 is 0 Å². The second-order valence-corrected chi connectivity index (χ2v) is 4.11. The molecule has 4 nitrogen and oxygen atoms in total. The quantitative estimate of drug-likeness (QED) is 0.755. The molecule has 0 heterocycles. The highest BCUT2D eigenvalue weighted by Gasteiger charge is 2.07. The van der Waals surface area contributed by atoms with Crippen molar-refractivity contribution < 1.29 is 14.6 Å². The fourth-order valence-electron chi connectivity index (χ4n) is 1.43. The molecule has 1 unspecified atom stereocenters. The minimum absolute atomic E-state index is 0.118. The highest BCUT2D eigenvalue weighted by Crippen LogP contribution is 2.28. The van der Waals surface area contributed by atoms with Crippen LogP contribution in [0.4, 0.5) is 0 Å². The molecule has 1 atom stereocenters. The predicted molar refractivity (Wildman–Crippen MR) is 67.5 cm³/mol. The Morgan fingerprint density at radius 3 is 2.71 bits per heavy atom. The number of methoxy groups -OCH3 is 1. The van der Waals surface area contributed by atoms with Gasteiger partial charge in [-0.1, -0.05) is 13.0 Å². The molecule has 0 fully saturated rings.